The highest BCUT2D eigenvalue weighted by Crippen LogP contribution is 2.19. The Hall–Kier alpha value is -1.65. The molecule has 4 nitrogen and oxygen atoms in total. The summed E-state index contributed by atoms with van der Waals surface area (Å²) in [4.78, 5) is 5.03. The molecule has 1 atom stereocenters. The van der Waals surface area contributed by atoms with Crippen LogP contribution in [0.4, 0.5) is 0 Å². The van der Waals surface area contributed by atoms with Crippen LogP contribution in [0.2, 0.25) is 0 Å². The first-order valence-corrected chi connectivity index (χ1v) is 8.73. The number of oxime groups is 1. The van der Waals surface area contributed by atoms with E-state index in [1.54, 1.807) is 0 Å². The maximum atomic E-state index is 9.38. The Morgan fingerprint density at radius 3 is 2.48 bits per heavy atom. The summed E-state index contributed by atoms with van der Waals surface area (Å²) >= 11 is 0. The molecule has 4 heteroatoms. The van der Waals surface area contributed by atoms with Crippen LogP contribution in [0.3, 0.4) is 0 Å². The van der Waals surface area contributed by atoms with E-state index in [1.165, 1.54) is 5.56 Å². The highest BCUT2D eigenvalue weighted by atomic mass is 16.4. The zero-order valence-corrected chi connectivity index (χ0v) is 13.8. The maximum Gasteiger partial charge on any atom is 0.0745 e. The first-order valence-electron chi connectivity index (χ1n) is 8.73. The number of hydrogen-bond acceptors (Lipinski definition) is 4. The Kier molecular flexibility index (Phi) is 5.83. The summed E-state index contributed by atoms with van der Waals surface area (Å²) in [5.41, 5.74) is 2.35. The molecule has 0 saturated carbocycles. The summed E-state index contributed by atoms with van der Waals surface area (Å²) in [6, 6.07) is 11.0. The van der Waals surface area contributed by atoms with Crippen molar-refractivity contribution in [1.29, 1.82) is 0 Å². The van der Waals surface area contributed by atoms with E-state index in [0.717, 1.165) is 64.1 Å². The molecule has 0 spiro atoms. The second-order valence-electron chi connectivity index (χ2n) is 6.49. The third-order valence-corrected chi connectivity index (χ3v) is 4.95. The SMILES string of the molecule is ON=C1CCC=CCCC1N1CCN(Cc2ccccc2)CC1. The molecule has 3 rings (SSSR count). The van der Waals surface area contributed by atoms with Gasteiger partial charge in [0.15, 0.2) is 0 Å². The first-order chi connectivity index (χ1) is 11.4. The Balaban J connectivity index is 1.56. The predicted octanol–water partition coefficient (Wildman–Crippen LogP) is 3.13. The Morgan fingerprint density at radius 2 is 1.74 bits per heavy atom. The lowest BCUT2D eigenvalue weighted by Gasteiger charge is -2.39. The van der Waals surface area contributed by atoms with Crippen molar-refractivity contribution in [2.45, 2.75) is 38.3 Å². The van der Waals surface area contributed by atoms with E-state index in [0.29, 0.717) is 6.04 Å². The minimum Gasteiger partial charge on any atom is -0.411 e. The van der Waals surface area contributed by atoms with Crippen molar-refractivity contribution in [3.63, 3.8) is 0 Å². The van der Waals surface area contributed by atoms with Gasteiger partial charge in [-0.15, -0.1) is 0 Å². The second kappa shape index (κ2) is 8.27. The van der Waals surface area contributed by atoms with Gasteiger partial charge in [0.2, 0.25) is 0 Å². The average Bonchev–Trinajstić information content (AvgIpc) is 2.57. The van der Waals surface area contributed by atoms with Crippen LogP contribution < -0.4 is 0 Å². The van der Waals surface area contributed by atoms with Gasteiger partial charge in [-0.05, 0) is 31.2 Å². The molecule has 2 aliphatic rings. The van der Waals surface area contributed by atoms with Crippen LogP contribution in [0.1, 0.15) is 31.2 Å². The lowest BCUT2D eigenvalue weighted by atomic mass is 9.96. The molecule has 1 N–H and O–H groups in total. The van der Waals surface area contributed by atoms with Gasteiger partial charge in [0.05, 0.1) is 11.8 Å². The van der Waals surface area contributed by atoms with Gasteiger partial charge in [0.1, 0.15) is 0 Å². The smallest absolute Gasteiger partial charge is 0.0745 e. The number of nitrogens with zero attached hydrogens (tertiary/aromatic N) is 3. The van der Waals surface area contributed by atoms with E-state index >= 15 is 0 Å². The normalized spacial score (nSPS) is 26.1. The monoisotopic (exact) mass is 313 g/mol. The zero-order chi connectivity index (χ0) is 15.9. The van der Waals surface area contributed by atoms with E-state index in [4.69, 9.17) is 0 Å². The van der Waals surface area contributed by atoms with Crippen LogP contribution in [0.15, 0.2) is 47.6 Å². The van der Waals surface area contributed by atoms with Crippen molar-refractivity contribution in [2.24, 2.45) is 5.16 Å². The molecule has 1 unspecified atom stereocenters. The Bertz CT molecular complexity index is 533. The standard InChI is InChI=1S/C19H27N3O/c23-20-18-10-6-1-2-7-11-19(18)22-14-12-21(13-15-22)16-17-8-4-3-5-9-17/h1-5,8-9,19,23H,6-7,10-16H2. The quantitative estimate of drug-likeness (QED) is 0.529. The lowest BCUT2D eigenvalue weighted by Crippen LogP contribution is -2.52. The minimum atomic E-state index is 0.309. The fourth-order valence-corrected chi connectivity index (χ4v) is 3.64. The molecule has 1 saturated heterocycles. The number of rotatable bonds is 3. The number of allylic oxidation sites excluding steroid dienone is 2. The van der Waals surface area contributed by atoms with Gasteiger partial charge in [-0.25, -0.2) is 0 Å². The van der Waals surface area contributed by atoms with Crippen LogP contribution >= 0.6 is 0 Å². The van der Waals surface area contributed by atoms with Crippen LogP contribution in [0.5, 0.6) is 0 Å². The van der Waals surface area contributed by atoms with Crippen molar-refractivity contribution < 1.29 is 5.21 Å². The topological polar surface area (TPSA) is 39.1 Å². The summed E-state index contributed by atoms with van der Waals surface area (Å²) in [6.07, 6.45) is 8.49. The lowest BCUT2D eigenvalue weighted by molar-refractivity contribution is 0.108. The van der Waals surface area contributed by atoms with E-state index in [-0.39, 0.29) is 0 Å². The Labute approximate surface area is 139 Å². The third-order valence-electron chi connectivity index (χ3n) is 4.95. The summed E-state index contributed by atoms with van der Waals surface area (Å²) in [7, 11) is 0. The molecule has 23 heavy (non-hydrogen) atoms. The van der Waals surface area contributed by atoms with Crippen molar-refractivity contribution in [2.75, 3.05) is 26.2 Å². The summed E-state index contributed by atoms with van der Waals surface area (Å²) in [5.74, 6) is 0. The molecule has 0 bridgehead atoms. The molecule has 1 aliphatic heterocycles. The molecular formula is C19H27N3O. The molecule has 1 aromatic rings. The van der Waals surface area contributed by atoms with Crippen LogP contribution in [0, 0.1) is 0 Å². The third kappa shape index (κ3) is 4.43. The van der Waals surface area contributed by atoms with Gasteiger partial charge in [-0.1, -0.05) is 47.6 Å². The second-order valence-corrected chi connectivity index (χ2v) is 6.49. The van der Waals surface area contributed by atoms with Crippen molar-refractivity contribution in [3.8, 4) is 0 Å². The summed E-state index contributed by atoms with van der Waals surface area (Å²) in [5, 5.41) is 13.0. The van der Waals surface area contributed by atoms with Crippen LogP contribution in [-0.2, 0) is 6.54 Å². The zero-order valence-electron chi connectivity index (χ0n) is 13.8. The molecule has 1 fully saturated rings. The largest absolute Gasteiger partial charge is 0.411 e. The van der Waals surface area contributed by atoms with Crippen LogP contribution in [-0.4, -0.2) is 52.9 Å². The fourth-order valence-electron chi connectivity index (χ4n) is 3.64. The first kappa shape index (κ1) is 16.2. The summed E-state index contributed by atoms with van der Waals surface area (Å²) in [6.45, 7) is 5.31. The molecule has 0 amide bonds. The predicted molar refractivity (Wildman–Crippen MR) is 93.9 cm³/mol. The van der Waals surface area contributed by atoms with Crippen molar-refractivity contribution >= 4 is 5.71 Å². The molecule has 0 aromatic heterocycles. The maximum absolute atomic E-state index is 9.38. The van der Waals surface area contributed by atoms with Gasteiger partial charge in [-0.3, -0.25) is 9.80 Å². The molecule has 0 radical (unpaired) electrons. The van der Waals surface area contributed by atoms with Crippen LogP contribution in [0.25, 0.3) is 0 Å². The molecular weight excluding hydrogens is 286 g/mol. The van der Waals surface area contributed by atoms with Gasteiger partial charge in [-0.2, -0.15) is 0 Å². The Morgan fingerprint density at radius 1 is 1.00 bits per heavy atom. The van der Waals surface area contributed by atoms with Gasteiger partial charge >= 0.3 is 0 Å². The van der Waals surface area contributed by atoms with Gasteiger partial charge in [0.25, 0.3) is 0 Å². The number of piperazine rings is 1. The average molecular weight is 313 g/mol. The van der Waals surface area contributed by atoms with Gasteiger partial charge in [0, 0.05) is 32.7 Å². The summed E-state index contributed by atoms with van der Waals surface area (Å²) < 4.78 is 0. The van der Waals surface area contributed by atoms with E-state index in [1.807, 2.05) is 0 Å². The minimum absolute atomic E-state index is 0.309. The van der Waals surface area contributed by atoms with Crippen molar-refractivity contribution in [1.82, 2.24) is 9.80 Å². The van der Waals surface area contributed by atoms with E-state index < -0.39 is 0 Å². The highest BCUT2D eigenvalue weighted by Gasteiger charge is 2.27. The van der Waals surface area contributed by atoms with Crippen molar-refractivity contribution in [3.05, 3.63) is 48.0 Å². The number of benzene rings is 1. The fraction of sp³-hybridized carbons (Fsp3) is 0.526. The van der Waals surface area contributed by atoms with E-state index in [2.05, 4.69) is 57.4 Å². The number of hydrogen-bond donors (Lipinski definition) is 1. The molecule has 1 heterocycles. The highest BCUT2D eigenvalue weighted by molar-refractivity contribution is 5.89. The molecule has 1 aliphatic carbocycles. The van der Waals surface area contributed by atoms with Gasteiger partial charge < -0.3 is 5.21 Å². The molecule has 1 aromatic carbocycles. The van der Waals surface area contributed by atoms with E-state index in [9.17, 15) is 5.21 Å². The molecule has 124 valence electrons.